The summed E-state index contributed by atoms with van der Waals surface area (Å²) in [6.45, 7) is 4.09. The molecule has 2 heterocycles. The Morgan fingerprint density at radius 1 is 1.33 bits per heavy atom. The largest absolute Gasteiger partial charge is 0.396 e. The third-order valence-electron chi connectivity index (χ3n) is 4.84. The topological polar surface area (TPSA) is 63.0 Å². The fourth-order valence-corrected chi connectivity index (χ4v) is 3.41. The zero-order valence-electron chi connectivity index (χ0n) is 14.5. The van der Waals surface area contributed by atoms with Crippen LogP contribution in [0.2, 0.25) is 0 Å². The maximum absolute atomic E-state index is 9.02. The highest BCUT2D eigenvalue weighted by Gasteiger charge is 2.20. The Morgan fingerprint density at radius 3 is 2.88 bits per heavy atom. The molecule has 1 fully saturated rings. The van der Waals surface area contributed by atoms with Gasteiger partial charge in [0, 0.05) is 31.1 Å². The predicted octanol–water partition coefficient (Wildman–Crippen LogP) is 3.17. The lowest BCUT2D eigenvalue weighted by molar-refractivity contribution is 0.260. The second-order valence-corrected chi connectivity index (χ2v) is 6.88. The van der Waals surface area contributed by atoms with E-state index in [9.17, 15) is 0 Å². The van der Waals surface area contributed by atoms with Gasteiger partial charge in [-0.1, -0.05) is 25.8 Å². The molecule has 2 N–H and O–H groups in total. The maximum atomic E-state index is 9.02. The van der Waals surface area contributed by atoms with Crippen molar-refractivity contribution in [1.82, 2.24) is 20.1 Å². The second-order valence-electron chi connectivity index (χ2n) is 6.88. The summed E-state index contributed by atoms with van der Waals surface area (Å²) >= 11 is 0. The molecule has 1 atom stereocenters. The van der Waals surface area contributed by atoms with Crippen LogP contribution in [0.3, 0.4) is 0 Å². The van der Waals surface area contributed by atoms with Crippen molar-refractivity contribution in [2.75, 3.05) is 13.2 Å². The Bertz CT molecular complexity index is 620. The van der Waals surface area contributed by atoms with Gasteiger partial charge >= 0.3 is 0 Å². The quantitative estimate of drug-likeness (QED) is 0.781. The van der Waals surface area contributed by atoms with Crippen LogP contribution in [0.5, 0.6) is 0 Å². The molecule has 2 aromatic rings. The zero-order valence-corrected chi connectivity index (χ0v) is 14.5. The van der Waals surface area contributed by atoms with Gasteiger partial charge in [0.25, 0.3) is 0 Å². The molecule has 0 amide bonds. The van der Waals surface area contributed by atoms with Gasteiger partial charge in [-0.2, -0.15) is 5.10 Å². The van der Waals surface area contributed by atoms with Gasteiger partial charge in [-0.3, -0.25) is 9.67 Å². The second kappa shape index (κ2) is 8.40. The minimum absolute atomic E-state index is 0.252. The summed E-state index contributed by atoms with van der Waals surface area (Å²) < 4.78 is 2.16. The number of hydrogen-bond acceptors (Lipinski definition) is 4. The molecular weight excluding hydrogens is 300 g/mol. The van der Waals surface area contributed by atoms with Gasteiger partial charge in [0.15, 0.2) is 0 Å². The highest BCUT2D eigenvalue weighted by atomic mass is 16.3. The van der Waals surface area contributed by atoms with E-state index in [1.54, 1.807) is 0 Å². The molecule has 1 aliphatic rings. The average Bonchev–Trinajstić information content (AvgIpc) is 3.25. The minimum atomic E-state index is 0.252. The third-order valence-corrected chi connectivity index (χ3v) is 4.84. The van der Waals surface area contributed by atoms with Crippen molar-refractivity contribution < 1.29 is 5.11 Å². The van der Waals surface area contributed by atoms with Crippen LogP contribution < -0.4 is 5.32 Å². The van der Waals surface area contributed by atoms with Gasteiger partial charge < -0.3 is 10.4 Å². The van der Waals surface area contributed by atoms with Gasteiger partial charge in [-0.15, -0.1) is 0 Å². The number of pyridine rings is 1. The molecule has 0 saturated heterocycles. The maximum Gasteiger partial charge on any atom is 0.115 e. The first-order chi connectivity index (χ1) is 11.8. The Kier molecular flexibility index (Phi) is 5.99. The van der Waals surface area contributed by atoms with E-state index in [1.807, 2.05) is 24.4 Å². The Balaban J connectivity index is 1.75. The number of rotatable bonds is 8. The fraction of sp³-hybridized carbons (Fsp3) is 0.579. The monoisotopic (exact) mass is 328 g/mol. The van der Waals surface area contributed by atoms with E-state index < -0.39 is 0 Å². The van der Waals surface area contributed by atoms with Crippen LogP contribution in [0.15, 0.2) is 30.6 Å². The van der Waals surface area contributed by atoms with Crippen molar-refractivity contribution in [2.45, 2.75) is 51.6 Å². The van der Waals surface area contributed by atoms with E-state index in [2.05, 4.69) is 28.1 Å². The molecule has 0 aliphatic heterocycles. The van der Waals surface area contributed by atoms with Gasteiger partial charge in [0.1, 0.15) is 5.69 Å². The van der Waals surface area contributed by atoms with E-state index in [0.717, 1.165) is 30.9 Å². The Morgan fingerprint density at radius 2 is 2.17 bits per heavy atom. The number of aliphatic hydroxyl groups is 1. The summed E-state index contributed by atoms with van der Waals surface area (Å²) in [6.07, 6.45) is 9.91. The van der Waals surface area contributed by atoms with Crippen LogP contribution >= 0.6 is 0 Å². The molecule has 1 saturated carbocycles. The average molecular weight is 328 g/mol. The molecule has 0 aromatic carbocycles. The normalized spacial score (nSPS) is 16.6. The summed E-state index contributed by atoms with van der Waals surface area (Å²) in [5, 5.41) is 17.4. The number of aromatic nitrogens is 3. The number of hydrogen-bond donors (Lipinski definition) is 2. The van der Waals surface area contributed by atoms with E-state index in [4.69, 9.17) is 10.2 Å². The molecule has 130 valence electrons. The van der Waals surface area contributed by atoms with E-state index in [-0.39, 0.29) is 6.61 Å². The van der Waals surface area contributed by atoms with Crippen LogP contribution in [0.4, 0.5) is 0 Å². The van der Waals surface area contributed by atoms with Crippen LogP contribution in [0.1, 0.15) is 50.6 Å². The summed E-state index contributed by atoms with van der Waals surface area (Å²) in [6, 6.07) is 6.51. The fourth-order valence-electron chi connectivity index (χ4n) is 3.41. The molecule has 2 aromatic heterocycles. The lowest BCUT2D eigenvalue weighted by Gasteiger charge is -2.11. The zero-order chi connectivity index (χ0) is 16.8. The molecule has 1 aliphatic carbocycles. The third kappa shape index (κ3) is 4.22. The predicted molar refractivity (Wildman–Crippen MR) is 95.5 cm³/mol. The summed E-state index contributed by atoms with van der Waals surface area (Å²) in [5.41, 5.74) is 3.14. The molecule has 0 bridgehead atoms. The van der Waals surface area contributed by atoms with Crippen molar-refractivity contribution in [3.8, 4) is 11.4 Å². The van der Waals surface area contributed by atoms with Crippen molar-refractivity contribution in [3.63, 3.8) is 0 Å². The van der Waals surface area contributed by atoms with E-state index >= 15 is 0 Å². The molecule has 1 unspecified atom stereocenters. The number of nitrogens with zero attached hydrogens (tertiary/aromatic N) is 3. The van der Waals surface area contributed by atoms with E-state index in [0.29, 0.717) is 12.0 Å². The first-order valence-electron chi connectivity index (χ1n) is 9.09. The number of aliphatic hydroxyl groups excluding tert-OH is 1. The van der Waals surface area contributed by atoms with Crippen LogP contribution in [0.25, 0.3) is 11.4 Å². The van der Waals surface area contributed by atoms with Crippen molar-refractivity contribution in [3.05, 3.63) is 36.2 Å². The molecule has 24 heavy (non-hydrogen) atoms. The first-order valence-corrected chi connectivity index (χ1v) is 9.09. The van der Waals surface area contributed by atoms with E-state index in [1.165, 1.54) is 31.2 Å². The highest BCUT2D eigenvalue weighted by molar-refractivity contribution is 5.58. The van der Waals surface area contributed by atoms with Crippen LogP contribution in [-0.2, 0) is 6.54 Å². The van der Waals surface area contributed by atoms with Crippen LogP contribution in [0, 0.1) is 5.92 Å². The van der Waals surface area contributed by atoms with Crippen molar-refractivity contribution in [2.24, 2.45) is 5.92 Å². The Labute approximate surface area is 144 Å². The first kappa shape index (κ1) is 17.1. The molecule has 5 nitrogen and oxygen atoms in total. The molecule has 0 radical (unpaired) electrons. The SMILES string of the molecule is CC(CCO)CNCc1cn(C2CCCC2)nc1-c1ccccn1. The standard InChI is InChI=1S/C19H28N4O/c1-15(9-11-24)12-20-13-16-14-23(17-6-2-3-7-17)22-19(16)18-8-4-5-10-21-18/h4-5,8,10,14-15,17,20,24H,2-3,6-7,9,11-13H2,1H3. The summed E-state index contributed by atoms with van der Waals surface area (Å²) in [5.74, 6) is 0.471. The summed E-state index contributed by atoms with van der Waals surface area (Å²) in [7, 11) is 0. The summed E-state index contributed by atoms with van der Waals surface area (Å²) in [4.78, 5) is 4.49. The Hall–Kier alpha value is -1.72. The van der Waals surface area contributed by atoms with Crippen LogP contribution in [-0.4, -0.2) is 33.0 Å². The molecule has 3 rings (SSSR count). The number of nitrogens with one attached hydrogen (secondary N) is 1. The van der Waals surface area contributed by atoms with Crippen molar-refractivity contribution >= 4 is 0 Å². The van der Waals surface area contributed by atoms with Gasteiger partial charge in [-0.25, -0.2) is 0 Å². The van der Waals surface area contributed by atoms with Gasteiger partial charge in [0.2, 0.25) is 0 Å². The lowest BCUT2D eigenvalue weighted by Crippen LogP contribution is -2.21. The van der Waals surface area contributed by atoms with Crippen molar-refractivity contribution in [1.29, 1.82) is 0 Å². The van der Waals surface area contributed by atoms with Gasteiger partial charge in [0.05, 0.1) is 11.7 Å². The molecule has 5 heteroatoms. The lowest BCUT2D eigenvalue weighted by atomic mass is 10.1. The van der Waals surface area contributed by atoms with Gasteiger partial charge in [-0.05, 0) is 43.9 Å². The highest BCUT2D eigenvalue weighted by Crippen LogP contribution is 2.31. The smallest absolute Gasteiger partial charge is 0.115 e. The molecular formula is C19H28N4O. The minimum Gasteiger partial charge on any atom is -0.396 e. The molecule has 0 spiro atoms.